The second kappa shape index (κ2) is 11.3. The van der Waals surface area contributed by atoms with Crippen molar-refractivity contribution in [3.8, 4) is 17.6 Å². The molecule has 0 unspecified atom stereocenters. The highest BCUT2D eigenvalue weighted by Gasteiger charge is 2.06. The monoisotopic (exact) mass is 450 g/mol. The minimum atomic E-state index is -2.90. The average molecular weight is 450 g/mol. The fourth-order valence-electron chi connectivity index (χ4n) is 2.80. The number of halogens is 2. The molecule has 3 aromatic carbocycles. The average Bonchev–Trinajstić information content (AvgIpc) is 2.82. The highest BCUT2D eigenvalue weighted by molar-refractivity contribution is 5.93. The van der Waals surface area contributed by atoms with Crippen LogP contribution in [0.3, 0.4) is 0 Å². The Kier molecular flexibility index (Phi) is 7.97. The lowest BCUT2D eigenvalue weighted by Gasteiger charge is -2.09. The molecule has 0 aliphatic heterocycles. The molecule has 0 heterocycles. The van der Waals surface area contributed by atoms with Gasteiger partial charge in [0.15, 0.2) is 0 Å². The van der Waals surface area contributed by atoms with Crippen molar-refractivity contribution >= 4 is 23.3 Å². The Morgan fingerprint density at radius 1 is 0.909 bits per heavy atom. The molecule has 0 fully saturated rings. The molecule has 0 aromatic heterocycles. The highest BCUT2D eigenvalue weighted by atomic mass is 19.3. The van der Waals surface area contributed by atoms with Crippen LogP contribution in [0.2, 0.25) is 0 Å². The fraction of sp³-hybridized carbons (Fsp3) is 0.120. The zero-order valence-electron chi connectivity index (χ0n) is 17.6. The van der Waals surface area contributed by atoms with Gasteiger partial charge in [-0.05, 0) is 60.7 Å². The predicted octanol–water partition coefficient (Wildman–Crippen LogP) is 4.53. The molecule has 0 radical (unpaired) electrons. The Bertz CT molecular complexity index is 1180. The second-order valence-corrected chi connectivity index (χ2v) is 6.71. The summed E-state index contributed by atoms with van der Waals surface area (Å²) in [6.45, 7) is -2.91. The number of methoxy groups -OCH3 is 1. The molecule has 1 amide bonds. The molecular formula is C25H20F2N2O4. The van der Waals surface area contributed by atoms with E-state index >= 15 is 0 Å². The van der Waals surface area contributed by atoms with Gasteiger partial charge in [0.1, 0.15) is 5.75 Å². The largest absolute Gasteiger partial charge is 0.465 e. The van der Waals surface area contributed by atoms with Crippen LogP contribution in [-0.4, -0.2) is 32.1 Å². The van der Waals surface area contributed by atoms with Crippen molar-refractivity contribution in [2.75, 3.05) is 24.3 Å². The van der Waals surface area contributed by atoms with Crippen LogP contribution in [0.25, 0.3) is 0 Å². The maximum atomic E-state index is 12.2. The number of ether oxygens (including phenoxy) is 2. The van der Waals surface area contributed by atoms with Crippen molar-refractivity contribution in [1.29, 1.82) is 0 Å². The van der Waals surface area contributed by atoms with Crippen LogP contribution in [0.15, 0.2) is 72.8 Å². The molecule has 0 atom stereocenters. The van der Waals surface area contributed by atoms with Crippen LogP contribution in [-0.2, 0) is 9.53 Å². The van der Waals surface area contributed by atoms with E-state index in [1.54, 1.807) is 42.5 Å². The molecule has 6 nitrogen and oxygen atoms in total. The molecule has 168 valence electrons. The summed E-state index contributed by atoms with van der Waals surface area (Å²) in [4.78, 5) is 23.8. The van der Waals surface area contributed by atoms with Gasteiger partial charge in [-0.1, -0.05) is 24.0 Å². The summed E-state index contributed by atoms with van der Waals surface area (Å²) < 4.78 is 33.4. The molecular weight excluding hydrogens is 430 g/mol. The number of carbonyl (C=O) groups excluding carboxylic acids is 2. The second-order valence-electron chi connectivity index (χ2n) is 6.71. The van der Waals surface area contributed by atoms with E-state index in [2.05, 4.69) is 27.2 Å². The van der Waals surface area contributed by atoms with Gasteiger partial charge in [-0.25, -0.2) is 4.79 Å². The van der Waals surface area contributed by atoms with Crippen molar-refractivity contribution in [3.63, 3.8) is 0 Å². The summed E-state index contributed by atoms with van der Waals surface area (Å²) in [6.07, 6.45) is 0. The van der Waals surface area contributed by atoms with E-state index in [-0.39, 0.29) is 18.2 Å². The van der Waals surface area contributed by atoms with Crippen molar-refractivity contribution in [2.24, 2.45) is 0 Å². The number of amides is 1. The number of rotatable bonds is 7. The molecule has 3 rings (SSSR count). The Hall–Kier alpha value is -4.38. The van der Waals surface area contributed by atoms with Crippen LogP contribution in [0.4, 0.5) is 20.2 Å². The van der Waals surface area contributed by atoms with Gasteiger partial charge in [0.2, 0.25) is 5.91 Å². The van der Waals surface area contributed by atoms with E-state index < -0.39 is 12.6 Å². The first-order valence-corrected chi connectivity index (χ1v) is 9.82. The van der Waals surface area contributed by atoms with E-state index in [1.165, 1.54) is 31.4 Å². The summed E-state index contributed by atoms with van der Waals surface area (Å²) in [5, 5.41) is 5.67. The maximum absolute atomic E-state index is 12.2. The quantitative estimate of drug-likeness (QED) is 0.409. The number of esters is 1. The first kappa shape index (κ1) is 23.3. The van der Waals surface area contributed by atoms with Crippen LogP contribution in [0, 0.1) is 11.8 Å². The number of hydrogen-bond acceptors (Lipinski definition) is 5. The third-order valence-corrected chi connectivity index (χ3v) is 4.31. The molecule has 8 heteroatoms. The number of alkyl halides is 2. The van der Waals surface area contributed by atoms with Crippen LogP contribution < -0.4 is 15.4 Å². The summed E-state index contributed by atoms with van der Waals surface area (Å²) in [7, 11) is 1.32. The number of carbonyl (C=O) groups is 2. The zero-order valence-corrected chi connectivity index (χ0v) is 17.6. The SMILES string of the molecule is COC(=O)c1cccc(C#Cc2cccc(NCC(=O)Nc3ccc(OC(F)F)cc3)c2)c1. The lowest BCUT2D eigenvalue weighted by atomic mass is 10.1. The van der Waals surface area contributed by atoms with Gasteiger partial charge in [0, 0.05) is 22.5 Å². The van der Waals surface area contributed by atoms with Crippen LogP contribution >= 0.6 is 0 Å². The molecule has 3 aromatic rings. The van der Waals surface area contributed by atoms with E-state index in [4.69, 9.17) is 4.74 Å². The molecule has 0 saturated carbocycles. The molecule has 0 saturated heterocycles. The molecule has 0 bridgehead atoms. The van der Waals surface area contributed by atoms with E-state index in [0.29, 0.717) is 22.5 Å². The van der Waals surface area contributed by atoms with Crippen molar-refractivity contribution < 1.29 is 27.8 Å². The van der Waals surface area contributed by atoms with Crippen molar-refractivity contribution in [1.82, 2.24) is 0 Å². The minimum absolute atomic E-state index is 0.00661. The van der Waals surface area contributed by atoms with Crippen molar-refractivity contribution in [3.05, 3.63) is 89.5 Å². The first-order chi connectivity index (χ1) is 15.9. The summed E-state index contributed by atoms with van der Waals surface area (Å²) in [5.74, 6) is 5.29. The van der Waals surface area contributed by atoms with Crippen LogP contribution in [0.1, 0.15) is 21.5 Å². The normalized spacial score (nSPS) is 10.1. The van der Waals surface area contributed by atoms with Gasteiger partial charge >= 0.3 is 12.6 Å². The third-order valence-electron chi connectivity index (χ3n) is 4.31. The smallest absolute Gasteiger partial charge is 0.387 e. The van der Waals surface area contributed by atoms with Gasteiger partial charge in [-0.15, -0.1) is 0 Å². The van der Waals surface area contributed by atoms with Crippen molar-refractivity contribution in [2.45, 2.75) is 6.61 Å². The van der Waals surface area contributed by atoms with Crippen LogP contribution in [0.5, 0.6) is 5.75 Å². The summed E-state index contributed by atoms with van der Waals surface area (Å²) in [5.41, 5.74) is 2.96. The number of anilines is 2. The standard InChI is InChI=1S/C25H20F2N2O4/c1-32-24(31)19-6-2-4-17(14-19)8-9-18-5-3-7-21(15-18)28-16-23(30)29-20-10-12-22(13-11-20)33-25(26)27/h2-7,10-15,25,28H,16H2,1H3,(H,29,30). The van der Waals surface area contributed by atoms with Gasteiger partial charge in [-0.3, -0.25) is 4.79 Å². The predicted molar refractivity (Wildman–Crippen MR) is 120 cm³/mol. The number of benzene rings is 3. The minimum Gasteiger partial charge on any atom is -0.465 e. The van der Waals surface area contributed by atoms with E-state index in [1.807, 2.05) is 6.07 Å². The Morgan fingerprint density at radius 3 is 2.24 bits per heavy atom. The zero-order chi connectivity index (χ0) is 23.6. The first-order valence-electron chi connectivity index (χ1n) is 9.82. The lowest BCUT2D eigenvalue weighted by Crippen LogP contribution is -2.21. The highest BCUT2D eigenvalue weighted by Crippen LogP contribution is 2.18. The molecule has 33 heavy (non-hydrogen) atoms. The van der Waals surface area contributed by atoms with Gasteiger partial charge in [-0.2, -0.15) is 8.78 Å². The maximum Gasteiger partial charge on any atom is 0.387 e. The van der Waals surface area contributed by atoms with E-state index in [9.17, 15) is 18.4 Å². The molecule has 0 spiro atoms. The lowest BCUT2D eigenvalue weighted by molar-refractivity contribution is -0.114. The van der Waals surface area contributed by atoms with Gasteiger partial charge in [0.25, 0.3) is 0 Å². The van der Waals surface area contributed by atoms with E-state index in [0.717, 1.165) is 5.56 Å². The number of nitrogens with one attached hydrogen (secondary N) is 2. The summed E-state index contributed by atoms with van der Waals surface area (Å²) >= 11 is 0. The molecule has 0 aliphatic carbocycles. The Labute approximate surface area is 189 Å². The topological polar surface area (TPSA) is 76.7 Å². The number of hydrogen-bond donors (Lipinski definition) is 2. The molecule has 2 N–H and O–H groups in total. The van der Waals surface area contributed by atoms with Gasteiger partial charge in [0.05, 0.1) is 19.2 Å². The molecule has 0 aliphatic rings. The Balaban J connectivity index is 1.57. The van der Waals surface area contributed by atoms with Gasteiger partial charge < -0.3 is 20.1 Å². The third kappa shape index (κ3) is 7.36. The Morgan fingerprint density at radius 2 is 1.58 bits per heavy atom. The fourth-order valence-corrected chi connectivity index (χ4v) is 2.80. The summed E-state index contributed by atoms with van der Waals surface area (Å²) in [6, 6.07) is 19.7.